The Kier molecular flexibility index (Phi) is 13.1. The highest BCUT2D eigenvalue weighted by molar-refractivity contribution is 6.02. The molecular formula is C52H65FO16. The van der Waals surface area contributed by atoms with Crippen molar-refractivity contribution in [2.45, 2.75) is 147 Å². The number of fused-ring (bicyclic) bond motifs is 10. The van der Waals surface area contributed by atoms with E-state index in [1.165, 1.54) is 24.3 Å². The summed E-state index contributed by atoms with van der Waals surface area (Å²) in [5, 5.41) is 47.2. The Morgan fingerprint density at radius 2 is 1.23 bits per heavy atom. The maximum atomic E-state index is 17.5. The van der Waals surface area contributed by atoms with Crippen molar-refractivity contribution < 1.29 is 82.1 Å². The third-order valence-corrected chi connectivity index (χ3v) is 19.0. The van der Waals surface area contributed by atoms with Gasteiger partial charge in [0.15, 0.2) is 30.4 Å². The predicted molar refractivity (Wildman–Crippen MR) is 238 cm³/mol. The Hall–Kier alpha value is -4.71. The quantitative estimate of drug-likeness (QED) is 0.108. The second-order valence-electron chi connectivity index (χ2n) is 22.1. The zero-order chi connectivity index (χ0) is 50.3. The molecule has 0 aliphatic heterocycles. The highest BCUT2D eigenvalue weighted by Gasteiger charge is 2.76. The van der Waals surface area contributed by atoms with E-state index in [9.17, 15) is 58.8 Å². The number of ether oxygens (including phenoxy) is 4. The van der Waals surface area contributed by atoms with Crippen LogP contribution in [0.1, 0.15) is 118 Å². The lowest BCUT2D eigenvalue weighted by Gasteiger charge is -2.62. The monoisotopic (exact) mass is 964 g/mol. The van der Waals surface area contributed by atoms with Crippen LogP contribution in [0.5, 0.6) is 0 Å². The number of rotatable bonds is 14. The highest BCUT2D eigenvalue weighted by Crippen LogP contribution is 2.71. The molecule has 376 valence electrons. The third kappa shape index (κ3) is 7.83. The van der Waals surface area contributed by atoms with E-state index in [0.717, 1.165) is 5.57 Å². The van der Waals surface area contributed by atoms with Gasteiger partial charge in [-0.2, -0.15) is 0 Å². The molecule has 0 amide bonds. The van der Waals surface area contributed by atoms with Gasteiger partial charge in [0.25, 0.3) is 0 Å². The van der Waals surface area contributed by atoms with Gasteiger partial charge in [-0.1, -0.05) is 51.0 Å². The standard InChI is InChI=1S/C52H65FO16/c1-28-20-36-35-9-7-30-22-32(55)15-18-47(30,3)51(35,53)38(57)24-49(36,5)52(28,65)40(59)26-67-42(61)11-13-44(63)69-27-68-43(62)12-10-41(60)66-25-39(58)50(64)19-16-34-33-8-6-29-21-31(54)14-17-46(29,2)45(33)37(56)23-48(34,50)4/h14-15,17-18,21-22,28,33-38,45,56-57,64-65H,6-13,16,19-20,23-27H2,1-5H3/t28-,33?,34?,35?,36?,37-,38-,45?,46-,47-,48-,49-,50-,51-,52-/m0/s1. The van der Waals surface area contributed by atoms with Gasteiger partial charge in [0, 0.05) is 33.5 Å². The van der Waals surface area contributed by atoms with Crippen LogP contribution in [0, 0.1) is 57.2 Å². The first kappa shape index (κ1) is 50.7. The lowest BCUT2D eigenvalue weighted by Crippen LogP contribution is -2.69. The summed E-state index contributed by atoms with van der Waals surface area (Å²) in [5.41, 5.74) is -8.52. The number of aliphatic hydroxyl groups excluding tert-OH is 2. The van der Waals surface area contributed by atoms with Crippen molar-refractivity contribution in [3.63, 3.8) is 0 Å². The largest absolute Gasteiger partial charge is 0.458 e. The fraction of sp³-hybridized carbons (Fsp3) is 0.692. The van der Waals surface area contributed by atoms with Crippen LogP contribution in [0.15, 0.2) is 47.6 Å². The molecule has 6 saturated carbocycles. The van der Waals surface area contributed by atoms with Gasteiger partial charge in [0.2, 0.25) is 18.4 Å². The summed E-state index contributed by atoms with van der Waals surface area (Å²) in [6, 6.07) is 0. The second-order valence-corrected chi connectivity index (χ2v) is 22.1. The van der Waals surface area contributed by atoms with E-state index in [-0.39, 0.29) is 55.0 Å². The van der Waals surface area contributed by atoms with Crippen molar-refractivity contribution in [1.82, 2.24) is 0 Å². The second kappa shape index (κ2) is 17.9. The van der Waals surface area contributed by atoms with E-state index < -0.39 is 150 Å². The molecule has 0 heterocycles. The summed E-state index contributed by atoms with van der Waals surface area (Å²) in [4.78, 5) is 101. The fourth-order valence-electron chi connectivity index (χ4n) is 15.3. The van der Waals surface area contributed by atoms with Gasteiger partial charge in [0.05, 0.1) is 37.9 Å². The molecule has 0 aromatic carbocycles. The van der Waals surface area contributed by atoms with Gasteiger partial charge in [-0.05, 0) is 113 Å². The smallest absolute Gasteiger partial charge is 0.309 e. The van der Waals surface area contributed by atoms with E-state index in [0.29, 0.717) is 37.7 Å². The van der Waals surface area contributed by atoms with Crippen LogP contribution >= 0.6 is 0 Å². The molecule has 16 nitrogen and oxygen atoms in total. The Bertz CT molecular complexity index is 2350. The molecule has 5 unspecified atom stereocenters. The Morgan fingerprint density at radius 1 is 0.681 bits per heavy atom. The van der Waals surface area contributed by atoms with Crippen molar-refractivity contribution in [3.8, 4) is 0 Å². The minimum Gasteiger partial charge on any atom is -0.458 e. The topological polar surface area (TPSA) is 254 Å². The lowest BCUT2D eigenvalue weighted by molar-refractivity contribution is -0.220. The maximum absolute atomic E-state index is 17.5. The first-order valence-corrected chi connectivity index (χ1v) is 24.4. The number of carbonyl (C=O) groups excluding carboxylic acids is 8. The molecule has 0 saturated heterocycles. The van der Waals surface area contributed by atoms with Crippen LogP contribution in [0.4, 0.5) is 4.39 Å². The minimum absolute atomic E-state index is 0.0107. The molecule has 8 aliphatic carbocycles. The number of carbonyl (C=O) groups is 8. The summed E-state index contributed by atoms with van der Waals surface area (Å²) in [6.07, 6.45) is 7.82. The predicted octanol–water partition coefficient (Wildman–Crippen LogP) is 4.17. The molecule has 0 aromatic heterocycles. The van der Waals surface area contributed by atoms with Gasteiger partial charge in [-0.15, -0.1) is 0 Å². The van der Waals surface area contributed by atoms with Crippen LogP contribution in [-0.2, 0) is 57.3 Å². The van der Waals surface area contributed by atoms with Crippen molar-refractivity contribution in [2.75, 3.05) is 20.0 Å². The first-order chi connectivity index (χ1) is 32.3. The van der Waals surface area contributed by atoms with Gasteiger partial charge in [-0.3, -0.25) is 38.4 Å². The number of halogens is 1. The molecule has 69 heavy (non-hydrogen) atoms. The molecule has 0 radical (unpaired) electrons. The van der Waals surface area contributed by atoms with Crippen LogP contribution < -0.4 is 0 Å². The van der Waals surface area contributed by atoms with Crippen LogP contribution in [0.25, 0.3) is 0 Å². The molecule has 0 spiro atoms. The normalized spacial score (nSPS) is 42.5. The van der Waals surface area contributed by atoms with Gasteiger partial charge in [-0.25, -0.2) is 4.39 Å². The average molecular weight is 965 g/mol. The van der Waals surface area contributed by atoms with Crippen molar-refractivity contribution >= 4 is 47.0 Å². The fourth-order valence-corrected chi connectivity index (χ4v) is 15.3. The zero-order valence-corrected chi connectivity index (χ0v) is 40.0. The number of Topliss-reactive ketones (excluding diaryl/α,β-unsaturated/α-hetero) is 2. The van der Waals surface area contributed by atoms with E-state index in [1.54, 1.807) is 33.8 Å². The Labute approximate surface area is 400 Å². The maximum Gasteiger partial charge on any atom is 0.309 e. The summed E-state index contributed by atoms with van der Waals surface area (Å²) in [5.74, 6) is -7.82. The number of aliphatic hydroxyl groups is 4. The third-order valence-electron chi connectivity index (χ3n) is 19.0. The summed E-state index contributed by atoms with van der Waals surface area (Å²) in [7, 11) is 0. The molecule has 4 N–H and O–H groups in total. The molecule has 0 bridgehead atoms. The number of allylic oxidation sites excluding steroid dienone is 8. The molecule has 6 fully saturated rings. The number of hydrogen-bond acceptors (Lipinski definition) is 16. The SMILES string of the molecule is C[C@H]1CC2C3CCC4=CC(=O)C=C[C@]4(C)[C@@]3(F)[C@@H](O)C[C@]2(C)[C@@]1(O)C(=O)COC(=O)CCC(=O)OCOC(=O)CCC(=O)OCC(=O)[C@@]1(O)CCC2C3CCC4=CC(=O)C=C[C@]4(C)C3[C@@H](O)C[C@@]21C. The highest BCUT2D eigenvalue weighted by atomic mass is 19.1. The van der Waals surface area contributed by atoms with Crippen molar-refractivity contribution in [1.29, 1.82) is 0 Å². The summed E-state index contributed by atoms with van der Waals surface area (Å²) >= 11 is 0. The summed E-state index contributed by atoms with van der Waals surface area (Å²) in [6.45, 7) is 6.42. The minimum atomic E-state index is -2.16. The number of alkyl halides is 1. The molecule has 8 rings (SSSR count). The van der Waals surface area contributed by atoms with Gasteiger partial charge < -0.3 is 39.4 Å². The van der Waals surface area contributed by atoms with Crippen LogP contribution in [0.3, 0.4) is 0 Å². The van der Waals surface area contributed by atoms with E-state index >= 15 is 4.39 Å². The molecule has 8 aliphatic rings. The zero-order valence-electron chi connectivity index (χ0n) is 40.0. The molecule has 0 aromatic rings. The average Bonchev–Trinajstić information content (AvgIpc) is 3.68. The van der Waals surface area contributed by atoms with Gasteiger partial charge >= 0.3 is 23.9 Å². The molecule has 15 atom stereocenters. The van der Waals surface area contributed by atoms with E-state index in [4.69, 9.17) is 18.9 Å². The number of ketones is 4. The van der Waals surface area contributed by atoms with Crippen LogP contribution in [-0.4, -0.2) is 117 Å². The van der Waals surface area contributed by atoms with Crippen molar-refractivity contribution in [3.05, 3.63) is 47.6 Å². The van der Waals surface area contributed by atoms with E-state index in [2.05, 4.69) is 0 Å². The Morgan fingerprint density at radius 3 is 1.86 bits per heavy atom. The number of hydrogen-bond donors (Lipinski definition) is 4. The van der Waals surface area contributed by atoms with Crippen molar-refractivity contribution in [2.24, 2.45) is 57.2 Å². The van der Waals surface area contributed by atoms with Gasteiger partial charge in [0.1, 0.15) is 11.2 Å². The first-order valence-electron chi connectivity index (χ1n) is 24.4. The van der Waals surface area contributed by atoms with E-state index in [1.807, 2.05) is 13.0 Å². The summed E-state index contributed by atoms with van der Waals surface area (Å²) < 4.78 is 37.5. The van der Waals surface area contributed by atoms with Crippen LogP contribution in [0.2, 0.25) is 0 Å². The Balaban J connectivity index is 0.738. The molecule has 17 heteroatoms. The lowest BCUT2D eigenvalue weighted by atomic mass is 9.44. The number of esters is 4. The molecular weight excluding hydrogens is 900 g/mol.